The van der Waals surface area contributed by atoms with Crippen LogP contribution in [0.2, 0.25) is 0 Å². The highest BCUT2D eigenvalue weighted by Crippen LogP contribution is 2.33. The molecule has 1 aromatic heterocycles. The molecule has 0 aliphatic rings. The summed E-state index contributed by atoms with van der Waals surface area (Å²) in [6.07, 6.45) is 0. The van der Waals surface area contributed by atoms with Crippen LogP contribution in [-0.2, 0) is 6.61 Å². The number of thiophene rings is 1. The Labute approximate surface area is 93.8 Å². The average molecular weight is 221 g/mol. The molecule has 0 aliphatic carbocycles. The van der Waals surface area contributed by atoms with E-state index in [1.165, 1.54) is 21.3 Å². The van der Waals surface area contributed by atoms with E-state index >= 15 is 0 Å². The van der Waals surface area contributed by atoms with Crippen molar-refractivity contribution in [3.63, 3.8) is 0 Å². The fourth-order valence-electron chi connectivity index (χ4n) is 1.69. The lowest BCUT2D eigenvalue weighted by molar-refractivity contribution is 0.285. The summed E-state index contributed by atoms with van der Waals surface area (Å²) in [5.41, 5.74) is 2.41. The van der Waals surface area contributed by atoms with Gasteiger partial charge in [0.2, 0.25) is 0 Å². The minimum Gasteiger partial charge on any atom is -0.391 e. The van der Waals surface area contributed by atoms with Gasteiger partial charge >= 0.3 is 0 Å². The summed E-state index contributed by atoms with van der Waals surface area (Å²) in [4.78, 5) is 3.16. The maximum atomic E-state index is 9.20. The normalized spacial score (nSPS) is 10.9. The fourth-order valence-corrected chi connectivity index (χ4v) is 2.74. The first kappa shape index (κ1) is 10.5. The summed E-state index contributed by atoms with van der Waals surface area (Å²) in [6.45, 7) is 2.21. The topological polar surface area (TPSA) is 23.5 Å². The Morgan fingerprint density at radius 2 is 2.07 bits per heavy atom. The van der Waals surface area contributed by atoms with Gasteiger partial charge in [-0.15, -0.1) is 11.3 Å². The molecule has 0 saturated heterocycles. The predicted octanol–water partition coefficient (Wildman–Crippen LogP) is 2.77. The number of aliphatic hydroxyl groups is 1. The van der Waals surface area contributed by atoms with E-state index in [2.05, 4.69) is 30.0 Å². The first-order chi connectivity index (χ1) is 7.13. The summed E-state index contributed by atoms with van der Waals surface area (Å²) in [6, 6.07) is 6.42. The number of rotatable bonds is 2. The summed E-state index contributed by atoms with van der Waals surface area (Å²) < 4.78 is 1.25. The third kappa shape index (κ3) is 1.73. The zero-order valence-electron chi connectivity index (χ0n) is 9.24. The van der Waals surface area contributed by atoms with Crippen molar-refractivity contribution in [2.75, 3.05) is 19.0 Å². The standard InChI is InChI=1S/C12H15NOS/c1-8-10-6-9(13(2)3)4-5-11(10)15-12(8)7-14/h4-6,14H,7H2,1-3H3. The lowest BCUT2D eigenvalue weighted by atomic mass is 10.1. The van der Waals surface area contributed by atoms with Crippen LogP contribution in [0.25, 0.3) is 10.1 Å². The third-order valence-electron chi connectivity index (χ3n) is 2.68. The molecule has 1 aromatic carbocycles. The van der Waals surface area contributed by atoms with Crippen molar-refractivity contribution in [2.45, 2.75) is 13.5 Å². The fraction of sp³-hybridized carbons (Fsp3) is 0.333. The molecule has 0 radical (unpaired) electrons. The number of fused-ring (bicyclic) bond motifs is 1. The van der Waals surface area contributed by atoms with Crippen molar-refractivity contribution in [3.8, 4) is 0 Å². The SMILES string of the molecule is Cc1c(CO)sc2ccc(N(C)C)cc12. The van der Waals surface area contributed by atoms with Crippen LogP contribution in [0.4, 0.5) is 5.69 Å². The van der Waals surface area contributed by atoms with Gasteiger partial charge in [0, 0.05) is 29.4 Å². The van der Waals surface area contributed by atoms with E-state index in [1.807, 2.05) is 14.1 Å². The highest BCUT2D eigenvalue weighted by atomic mass is 32.1. The van der Waals surface area contributed by atoms with Crippen molar-refractivity contribution in [3.05, 3.63) is 28.6 Å². The Hall–Kier alpha value is -1.06. The predicted molar refractivity (Wildman–Crippen MR) is 66.8 cm³/mol. The maximum Gasteiger partial charge on any atom is 0.0777 e. The molecule has 0 bridgehead atoms. The first-order valence-corrected chi connectivity index (χ1v) is 5.75. The average Bonchev–Trinajstić information content (AvgIpc) is 2.55. The van der Waals surface area contributed by atoms with Crippen LogP contribution in [0, 0.1) is 6.92 Å². The van der Waals surface area contributed by atoms with Gasteiger partial charge in [-0.25, -0.2) is 0 Å². The van der Waals surface area contributed by atoms with Crippen molar-refractivity contribution < 1.29 is 5.11 Å². The lowest BCUT2D eigenvalue weighted by Crippen LogP contribution is -2.07. The number of hydrogen-bond donors (Lipinski definition) is 1. The monoisotopic (exact) mass is 221 g/mol. The zero-order valence-corrected chi connectivity index (χ0v) is 10.1. The van der Waals surface area contributed by atoms with Crippen molar-refractivity contribution in [1.29, 1.82) is 0 Å². The van der Waals surface area contributed by atoms with Gasteiger partial charge < -0.3 is 10.0 Å². The molecule has 15 heavy (non-hydrogen) atoms. The molecule has 1 N–H and O–H groups in total. The molecule has 2 rings (SSSR count). The molecule has 0 atom stereocenters. The highest BCUT2D eigenvalue weighted by Gasteiger charge is 2.08. The smallest absolute Gasteiger partial charge is 0.0777 e. The van der Waals surface area contributed by atoms with Crippen LogP contribution < -0.4 is 4.90 Å². The van der Waals surface area contributed by atoms with Gasteiger partial charge in [0.15, 0.2) is 0 Å². The van der Waals surface area contributed by atoms with Gasteiger partial charge in [0.25, 0.3) is 0 Å². The second-order valence-corrected chi connectivity index (χ2v) is 5.02. The summed E-state index contributed by atoms with van der Waals surface area (Å²) in [5, 5.41) is 10.5. The van der Waals surface area contributed by atoms with E-state index < -0.39 is 0 Å². The minimum absolute atomic E-state index is 0.141. The van der Waals surface area contributed by atoms with Crippen LogP contribution in [-0.4, -0.2) is 19.2 Å². The first-order valence-electron chi connectivity index (χ1n) is 4.93. The summed E-state index contributed by atoms with van der Waals surface area (Å²) in [7, 11) is 4.08. The Morgan fingerprint density at radius 1 is 1.33 bits per heavy atom. The molecule has 0 fully saturated rings. The number of hydrogen-bond acceptors (Lipinski definition) is 3. The van der Waals surface area contributed by atoms with Crippen LogP contribution >= 0.6 is 11.3 Å². The molecule has 0 amide bonds. The van der Waals surface area contributed by atoms with Gasteiger partial charge in [0.05, 0.1) is 6.61 Å². The summed E-state index contributed by atoms with van der Waals surface area (Å²) in [5.74, 6) is 0. The van der Waals surface area contributed by atoms with E-state index in [1.54, 1.807) is 11.3 Å². The highest BCUT2D eigenvalue weighted by molar-refractivity contribution is 7.19. The molecule has 3 heteroatoms. The Balaban J connectivity index is 2.65. The minimum atomic E-state index is 0.141. The molecule has 2 aromatic rings. The van der Waals surface area contributed by atoms with Crippen LogP contribution in [0.5, 0.6) is 0 Å². The maximum absolute atomic E-state index is 9.20. The lowest BCUT2D eigenvalue weighted by Gasteiger charge is -2.12. The largest absolute Gasteiger partial charge is 0.391 e. The number of aliphatic hydroxyl groups excluding tert-OH is 1. The van der Waals surface area contributed by atoms with Crippen LogP contribution in [0.1, 0.15) is 10.4 Å². The molecule has 80 valence electrons. The van der Waals surface area contributed by atoms with Gasteiger partial charge in [-0.3, -0.25) is 0 Å². The quantitative estimate of drug-likeness (QED) is 0.843. The number of aryl methyl sites for hydroxylation is 1. The zero-order chi connectivity index (χ0) is 11.0. The molecular formula is C12H15NOS. The van der Waals surface area contributed by atoms with Crippen molar-refractivity contribution >= 4 is 27.1 Å². The molecule has 0 aliphatic heterocycles. The Bertz CT molecular complexity index is 488. The number of benzene rings is 1. The number of anilines is 1. The number of nitrogens with zero attached hydrogens (tertiary/aromatic N) is 1. The summed E-state index contributed by atoms with van der Waals surface area (Å²) >= 11 is 1.68. The van der Waals surface area contributed by atoms with E-state index in [-0.39, 0.29) is 6.61 Å². The second kappa shape index (κ2) is 3.83. The second-order valence-electron chi connectivity index (χ2n) is 3.88. The molecule has 1 heterocycles. The van der Waals surface area contributed by atoms with Crippen LogP contribution in [0.15, 0.2) is 18.2 Å². The molecular weight excluding hydrogens is 206 g/mol. The van der Waals surface area contributed by atoms with E-state index in [0.29, 0.717) is 0 Å². The molecule has 0 saturated carbocycles. The Morgan fingerprint density at radius 3 is 2.67 bits per heavy atom. The third-order valence-corrected chi connectivity index (χ3v) is 3.94. The Kier molecular flexibility index (Phi) is 2.67. The van der Waals surface area contributed by atoms with Crippen LogP contribution in [0.3, 0.4) is 0 Å². The van der Waals surface area contributed by atoms with Gasteiger partial charge in [0.1, 0.15) is 0 Å². The van der Waals surface area contributed by atoms with E-state index in [0.717, 1.165) is 4.88 Å². The molecule has 0 unspecified atom stereocenters. The van der Waals surface area contributed by atoms with E-state index in [4.69, 9.17) is 0 Å². The molecule has 0 spiro atoms. The van der Waals surface area contributed by atoms with E-state index in [9.17, 15) is 5.11 Å². The van der Waals surface area contributed by atoms with Gasteiger partial charge in [-0.1, -0.05) is 0 Å². The van der Waals surface area contributed by atoms with Gasteiger partial charge in [-0.2, -0.15) is 0 Å². The van der Waals surface area contributed by atoms with Crippen molar-refractivity contribution in [2.24, 2.45) is 0 Å². The van der Waals surface area contributed by atoms with Gasteiger partial charge in [-0.05, 0) is 36.1 Å². The van der Waals surface area contributed by atoms with Crippen molar-refractivity contribution in [1.82, 2.24) is 0 Å². The molecule has 2 nitrogen and oxygen atoms in total.